The Labute approximate surface area is 127 Å². The van der Waals surface area contributed by atoms with Crippen molar-refractivity contribution in [2.75, 3.05) is 0 Å². The van der Waals surface area contributed by atoms with E-state index in [2.05, 4.69) is 10.1 Å². The number of hydrazine groups is 1. The van der Waals surface area contributed by atoms with Crippen LogP contribution in [-0.4, -0.2) is 27.2 Å². The van der Waals surface area contributed by atoms with Crippen LogP contribution < -0.4 is 5.84 Å². The van der Waals surface area contributed by atoms with E-state index in [4.69, 9.17) is 22.9 Å². The lowest BCUT2D eigenvalue weighted by atomic mass is 10.2. The summed E-state index contributed by atoms with van der Waals surface area (Å²) < 4.78 is 1.91. The Morgan fingerprint density at radius 3 is 3.00 bits per heavy atom. The van der Waals surface area contributed by atoms with E-state index >= 15 is 0 Å². The molecule has 0 atom stereocenters. The Hall–Kier alpha value is -1.89. The molecule has 0 radical (unpaired) electrons. The third-order valence-electron chi connectivity index (χ3n) is 2.43. The molecule has 0 unspecified atom stereocenters. The lowest BCUT2D eigenvalue weighted by molar-refractivity contribution is 0.485. The molecule has 3 N–H and O–H groups in total. The summed E-state index contributed by atoms with van der Waals surface area (Å²) in [6, 6.07) is 7.62. The Kier molecular flexibility index (Phi) is 6.17. The lowest BCUT2D eigenvalue weighted by Crippen LogP contribution is -2.23. The van der Waals surface area contributed by atoms with Gasteiger partial charge in [0.05, 0.1) is 6.21 Å². The van der Waals surface area contributed by atoms with Crippen LogP contribution in [0.2, 0.25) is 5.02 Å². The van der Waals surface area contributed by atoms with Crippen molar-refractivity contribution in [3.05, 3.63) is 53.1 Å². The van der Waals surface area contributed by atoms with Crippen LogP contribution in [0.25, 0.3) is 0 Å². The minimum atomic E-state index is 0. The van der Waals surface area contributed by atoms with Gasteiger partial charge in [-0.3, -0.25) is 5.41 Å². The highest BCUT2D eigenvalue weighted by atomic mass is 35.5. The van der Waals surface area contributed by atoms with E-state index in [9.17, 15) is 0 Å². The Bertz CT molecular complexity index is 595. The molecule has 1 aromatic carbocycles. The van der Waals surface area contributed by atoms with Crippen molar-refractivity contribution in [3.63, 3.8) is 0 Å². The van der Waals surface area contributed by atoms with Gasteiger partial charge in [-0.2, -0.15) is 10.2 Å². The standard InChI is InChI=1S/C12H13ClN6.ClH/c13-11-3-1-2-10(6-11)8-18-5-4-16-12(18)7-17-19(15)9-14;/h1-7,9,14H,8,15H2;1H/b14-9?,17-7+;. The van der Waals surface area contributed by atoms with Gasteiger partial charge in [-0.05, 0) is 17.7 Å². The molecule has 106 valence electrons. The average molecular weight is 313 g/mol. The Morgan fingerprint density at radius 1 is 1.50 bits per heavy atom. The second-order valence-corrected chi connectivity index (χ2v) is 4.23. The Morgan fingerprint density at radius 2 is 2.30 bits per heavy atom. The number of benzene rings is 1. The van der Waals surface area contributed by atoms with Crippen LogP contribution in [-0.2, 0) is 6.54 Å². The van der Waals surface area contributed by atoms with Gasteiger partial charge in [-0.1, -0.05) is 23.7 Å². The van der Waals surface area contributed by atoms with Crippen molar-refractivity contribution >= 4 is 36.6 Å². The predicted octanol–water partition coefficient (Wildman–Crippen LogP) is 2.12. The number of hydrogen-bond donors (Lipinski definition) is 2. The summed E-state index contributed by atoms with van der Waals surface area (Å²) in [7, 11) is 0. The van der Waals surface area contributed by atoms with E-state index in [0.29, 0.717) is 17.4 Å². The molecule has 2 aromatic rings. The number of hydrogen-bond acceptors (Lipinski definition) is 4. The van der Waals surface area contributed by atoms with Gasteiger partial charge in [-0.25, -0.2) is 10.8 Å². The summed E-state index contributed by atoms with van der Waals surface area (Å²) in [6.45, 7) is 0.636. The van der Waals surface area contributed by atoms with Crippen molar-refractivity contribution in [2.24, 2.45) is 10.9 Å². The fraction of sp³-hybridized carbons (Fsp3) is 0.0833. The summed E-state index contributed by atoms with van der Waals surface area (Å²) in [5, 5.41) is 12.4. The SMILES string of the molecule is Cl.N=CN(N)/N=C/c1nccn1Cc1cccc(Cl)c1. The number of nitrogens with zero attached hydrogens (tertiary/aromatic N) is 4. The number of imidazole rings is 1. The van der Waals surface area contributed by atoms with Crippen LogP contribution in [0.4, 0.5) is 0 Å². The van der Waals surface area contributed by atoms with Gasteiger partial charge in [0.1, 0.15) is 6.34 Å². The maximum Gasteiger partial charge on any atom is 0.153 e. The molecule has 0 fully saturated rings. The molecule has 0 aliphatic heterocycles. The second kappa shape index (κ2) is 7.64. The molecule has 2 rings (SSSR count). The van der Waals surface area contributed by atoms with Gasteiger partial charge in [0.2, 0.25) is 0 Å². The first-order chi connectivity index (χ1) is 9.19. The number of aromatic nitrogens is 2. The molecule has 1 aromatic heterocycles. The first-order valence-electron chi connectivity index (χ1n) is 5.53. The fourth-order valence-electron chi connectivity index (χ4n) is 1.57. The van der Waals surface area contributed by atoms with Gasteiger partial charge in [0, 0.05) is 24.0 Å². The summed E-state index contributed by atoms with van der Waals surface area (Å²) >= 11 is 5.95. The van der Waals surface area contributed by atoms with Crippen LogP contribution >= 0.6 is 24.0 Å². The van der Waals surface area contributed by atoms with E-state index in [1.807, 2.05) is 35.0 Å². The zero-order valence-corrected chi connectivity index (χ0v) is 12.1. The number of nitrogens with two attached hydrogens (primary N) is 1. The van der Waals surface area contributed by atoms with E-state index in [1.165, 1.54) is 6.21 Å². The molecular formula is C12H14Cl2N6. The number of rotatable bonds is 5. The van der Waals surface area contributed by atoms with Crippen molar-refractivity contribution in [3.8, 4) is 0 Å². The van der Waals surface area contributed by atoms with E-state index < -0.39 is 0 Å². The van der Waals surface area contributed by atoms with Crippen LogP contribution in [0.1, 0.15) is 11.4 Å². The average Bonchev–Trinajstić information content (AvgIpc) is 2.83. The third-order valence-corrected chi connectivity index (χ3v) is 2.66. The van der Waals surface area contributed by atoms with Crippen LogP contribution in [0.5, 0.6) is 0 Å². The minimum absolute atomic E-state index is 0. The first-order valence-corrected chi connectivity index (χ1v) is 5.91. The summed E-state index contributed by atoms with van der Waals surface area (Å²) in [4.78, 5) is 4.16. The quantitative estimate of drug-likeness (QED) is 0.384. The normalized spacial score (nSPS) is 10.3. The summed E-state index contributed by atoms with van der Waals surface area (Å²) in [5.74, 6) is 6.00. The molecule has 0 saturated carbocycles. The van der Waals surface area contributed by atoms with Gasteiger partial charge in [0.25, 0.3) is 0 Å². The number of hydrazone groups is 1. The first kappa shape index (κ1) is 16.2. The maximum absolute atomic E-state index is 6.91. The lowest BCUT2D eigenvalue weighted by Gasteiger charge is -2.06. The van der Waals surface area contributed by atoms with E-state index in [1.54, 1.807) is 6.20 Å². The third kappa shape index (κ3) is 4.34. The maximum atomic E-state index is 6.91. The van der Waals surface area contributed by atoms with E-state index in [-0.39, 0.29) is 12.4 Å². The molecular weight excluding hydrogens is 299 g/mol. The molecule has 20 heavy (non-hydrogen) atoms. The number of nitrogens with one attached hydrogen (secondary N) is 1. The van der Waals surface area contributed by atoms with Gasteiger partial charge in [-0.15, -0.1) is 12.4 Å². The van der Waals surface area contributed by atoms with Crippen molar-refractivity contribution in [1.82, 2.24) is 14.7 Å². The molecule has 0 spiro atoms. The second-order valence-electron chi connectivity index (χ2n) is 3.80. The highest BCUT2D eigenvalue weighted by Gasteiger charge is 2.02. The highest BCUT2D eigenvalue weighted by Crippen LogP contribution is 2.12. The molecule has 6 nitrogen and oxygen atoms in total. The van der Waals surface area contributed by atoms with Gasteiger partial charge in [0.15, 0.2) is 5.82 Å². The zero-order chi connectivity index (χ0) is 13.7. The number of halogens is 2. The van der Waals surface area contributed by atoms with Crippen LogP contribution in [0, 0.1) is 5.41 Å². The largest absolute Gasteiger partial charge is 0.326 e. The molecule has 0 aliphatic carbocycles. The molecule has 1 heterocycles. The minimum Gasteiger partial charge on any atom is -0.326 e. The Balaban J connectivity index is 0.00000200. The molecule has 0 saturated heterocycles. The topological polar surface area (TPSA) is 83.3 Å². The zero-order valence-electron chi connectivity index (χ0n) is 10.5. The van der Waals surface area contributed by atoms with Crippen molar-refractivity contribution < 1.29 is 0 Å². The monoisotopic (exact) mass is 312 g/mol. The predicted molar refractivity (Wildman–Crippen MR) is 82.4 cm³/mol. The molecule has 0 aliphatic rings. The van der Waals surface area contributed by atoms with E-state index in [0.717, 1.165) is 17.0 Å². The summed E-state index contributed by atoms with van der Waals surface area (Å²) in [6.07, 6.45) is 5.92. The summed E-state index contributed by atoms with van der Waals surface area (Å²) in [5.41, 5.74) is 1.07. The van der Waals surface area contributed by atoms with Gasteiger partial charge < -0.3 is 4.57 Å². The van der Waals surface area contributed by atoms with Crippen molar-refractivity contribution in [1.29, 1.82) is 5.41 Å². The molecule has 8 heteroatoms. The highest BCUT2D eigenvalue weighted by molar-refractivity contribution is 6.30. The van der Waals surface area contributed by atoms with Crippen LogP contribution in [0.3, 0.4) is 0 Å². The smallest absolute Gasteiger partial charge is 0.153 e. The van der Waals surface area contributed by atoms with Crippen LogP contribution in [0.15, 0.2) is 41.8 Å². The molecule has 0 bridgehead atoms. The fourth-order valence-corrected chi connectivity index (χ4v) is 1.78. The molecule has 0 amide bonds. The van der Waals surface area contributed by atoms with Crippen molar-refractivity contribution in [2.45, 2.75) is 6.54 Å². The van der Waals surface area contributed by atoms with Gasteiger partial charge >= 0.3 is 0 Å².